The largest absolute Gasteiger partial charge is 0.324 e. The van der Waals surface area contributed by atoms with Crippen molar-refractivity contribution in [1.29, 1.82) is 0 Å². The van der Waals surface area contributed by atoms with E-state index in [0.717, 1.165) is 30.0 Å². The number of rotatable bonds is 6. The van der Waals surface area contributed by atoms with E-state index in [1.54, 1.807) is 0 Å². The fourth-order valence-electron chi connectivity index (χ4n) is 2.27. The lowest BCUT2D eigenvalue weighted by Crippen LogP contribution is -2.29. The first-order valence-corrected chi connectivity index (χ1v) is 7.25. The zero-order valence-electron chi connectivity index (χ0n) is 10.4. The number of benzene rings is 1. The molecule has 0 heterocycles. The molecule has 3 heteroatoms. The Morgan fingerprint density at radius 3 is 2.71 bits per heavy atom. The van der Waals surface area contributed by atoms with Crippen molar-refractivity contribution in [1.82, 2.24) is 4.90 Å². The number of nitrogens with zero attached hydrogens (tertiary/aromatic N) is 1. The summed E-state index contributed by atoms with van der Waals surface area (Å²) in [5, 5.41) is 0. The SMILES string of the molecule is CCN(CCC(N)c1ccccc1Br)C1CC1. The predicted molar refractivity (Wildman–Crippen MR) is 76.0 cm³/mol. The molecule has 0 radical (unpaired) electrons. The van der Waals surface area contributed by atoms with Crippen molar-refractivity contribution in [2.45, 2.75) is 38.3 Å². The second-order valence-electron chi connectivity index (χ2n) is 4.78. The molecule has 0 aliphatic heterocycles. The Morgan fingerprint density at radius 1 is 1.41 bits per heavy atom. The minimum Gasteiger partial charge on any atom is -0.324 e. The minimum atomic E-state index is 0.137. The molecular formula is C14H21BrN2. The third-order valence-electron chi connectivity index (χ3n) is 3.50. The number of hydrogen-bond acceptors (Lipinski definition) is 2. The molecule has 1 fully saturated rings. The maximum Gasteiger partial charge on any atom is 0.0318 e. The number of halogens is 1. The fraction of sp³-hybridized carbons (Fsp3) is 0.571. The van der Waals surface area contributed by atoms with Gasteiger partial charge in [-0.15, -0.1) is 0 Å². The molecular weight excluding hydrogens is 276 g/mol. The van der Waals surface area contributed by atoms with Crippen LogP contribution in [0, 0.1) is 0 Å². The van der Waals surface area contributed by atoms with Crippen molar-refractivity contribution >= 4 is 15.9 Å². The molecule has 2 rings (SSSR count). The first-order valence-electron chi connectivity index (χ1n) is 6.46. The van der Waals surface area contributed by atoms with E-state index in [1.165, 1.54) is 18.4 Å². The Hall–Kier alpha value is -0.380. The molecule has 1 atom stereocenters. The van der Waals surface area contributed by atoms with Crippen LogP contribution in [0.1, 0.15) is 37.8 Å². The molecule has 0 spiro atoms. The van der Waals surface area contributed by atoms with Gasteiger partial charge in [-0.25, -0.2) is 0 Å². The maximum absolute atomic E-state index is 6.26. The van der Waals surface area contributed by atoms with Gasteiger partial charge in [-0.2, -0.15) is 0 Å². The number of hydrogen-bond donors (Lipinski definition) is 1. The standard InChI is InChI=1S/C14H21BrN2/c1-2-17(11-7-8-11)10-9-14(16)12-5-3-4-6-13(12)15/h3-6,11,14H,2,7-10,16H2,1H3. The van der Waals surface area contributed by atoms with E-state index in [2.05, 4.69) is 46.0 Å². The molecule has 0 bridgehead atoms. The van der Waals surface area contributed by atoms with Gasteiger partial charge >= 0.3 is 0 Å². The van der Waals surface area contributed by atoms with E-state index >= 15 is 0 Å². The molecule has 2 N–H and O–H groups in total. The van der Waals surface area contributed by atoms with Crippen LogP contribution in [-0.4, -0.2) is 24.0 Å². The highest BCUT2D eigenvalue weighted by Crippen LogP contribution is 2.28. The monoisotopic (exact) mass is 296 g/mol. The lowest BCUT2D eigenvalue weighted by atomic mass is 10.0. The van der Waals surface area contributed by atoms with Gasteiger partial charge in [-0.3, -0.25) is 0 Å². The Kier molecular flexibility index (Phi) is 4.60. The summed E-state index contributed by atoms with van der Waals surface area (Å²) in [6.45, 7) is 4.50. The molecule has 1 aromatic carbocycles. The topological polar surface area (TPSA) is 29.3 Å². The summed E-state index contributed by atoms with van der Waals surface area (Å²) in [5.74, 6) is 0. The molecule has 1 unspecified atom stereocenters. The van der Waals surface area contributed by atoms with E-state index in [4.69, 9.17) is 5.73 Å². The van der Waals surface area contributed by atoms with Crippen molar-refractivity contribution in [3.8, 4) is 0 Å². The van der Waals surface area contributed by atoms with Crippen LogP contribution in [0.25, 0.3) is 0 Å². The third-order valence-corrected chi connectivity index (χ3v) is 4.22. The second-order valence-corrected chi connectivity index (χ2v) is 5.63. The predicted octanol–water partition coefficient (Wildman–Crippen LogP) is 3.32. The smallest absolute Gasteiger partial charge is 0.0318 e. The zero-order valence-corrected chi connectivity index (χ0v) is 12.0. The number of nitrogens with two attached hydrogens (primary N) is 1. The van der Waals surface area contributed by atoms with Crippen LogP contribution in [0.4, 0.5) is 0 Å². The first-order chi connectivity index (χ1) is 8.22. The van der Waals surface area contributed by atoms with Gasteiger partial charge < -0.3 is 10.6 Å². The van der Waals surface area contributed by atoms with Gasteiger partial charge in [0, 0.05) is 23.1 Å². The van der Waals surface area contributed by atoms with Crippen LogP contribution < -0.4 is 5.73 Å². The highest BCUT2D eigenvalue weighted by molar-refractivity contribution is 9.10. The molecule has 0 amide bonds. The van der Waals surface area contributed by atoms with E-state index in [0.29, 0.717) is 0 Å². The average molecular weight is 297 g/mol. The molecule has 1 aliphatic carbocycles. The fourth-order valence-corrected chi connectivity index (χ4v) is 2.85. The highest BCUT2D eigenvalue weighted by Gasteiger charge is 2.27. The summed E-state index contributed by atoms with van der Waals surface area (Å²) in [5.41, 5.74) is 7.48. The van der Waals surface area contributed by atoms with E-state index in [-0.39, 0.29) is 6.04 Å². The van der Waals surface area contributed by atoms with Crippen LogP contribution in [0.2, 0.25) is 0 Å². The van der Waals surface area contributed by atoms with Gasteiger partial charge in [-0.1, -0.05) is 41.1 Å². The van der Waals surface area contributed by atoms with Crippen molar-refractivity contribution < 1.29 is 0 Å². The van der Waals surface area contributed by atoms with Gasteiger partial charge in [0.1, 0.15) is 0 Å². The van der Waals surface area contributed by atoms with Gasteiger partial charge in [-0.05, 0) is 37.4 Å². The summed E-state index contributed by atoms with van der Waals surface area (Å²) in [7, 11) is 0. The van der Waals surface area contributed by atoms with E-state index in [1.807, 2.05) is 6.07 Å². The van der Waals surface area contributed by atoms with Crippen LogP contribution >= 0.6 is 15.9 Å². The molecule has 2 nitrogen and oxygen atoms in total. The van der Waals surface area contributed by atoms with Gasteiger partial charge in [0.05, 0.1) is 0 Å². The summed E-state index contributed by atoms with van der Waals surface area (Å²) >= 11 is 3.57. The Morgan fingerprint density at radius 2 is 2.12 bits per heavy atom. The molecule has 1 aliphatic rings. The van der Waals surface area contributed by atoms with Gasteiger partial charge in [0.2, 0.25) is 0 Å². The third kappa shape index (κ3) is 3.54. The van der Waals surface area contributed by atoms with Crippen molar-refractivity contribution in [3.63, 3.8) is 0 Å². The van der Waals surface area contributed by atoms with Crippen molar-refractivity contribution in [3.05, 3.63) is 34.3 Å². The van der Waals surface area contributed by atoms with Crippen molar-refractivity contribution in [2.24, 2.45) is 5.73 Å². The summed E-state index contributed by atoms with van der Waals surface area (Å²) < 4.78 is 1.13. The zero-order chi connectivity index (χ0) is 12.3. The molecule has 17 heavy (non-hydrogen) atoms. The molecule has 0 aromatic heterocycles. The Labute approximate surface area is 112 Å². The molecule has 1 saturated carbocycles. The summed E-state index contributed by atoms with van der Waals surface area (Å²) in [6.07, 6.45) is 3.78. The molecule has 0 saturated heterocycles. The van der Waals surface area contributed by atoms with Crippen LogP contribution in [-0.2, 0) is 0 Å². The van der Waals surface area contributed by atoms with Crippen LogP contribution in [0.15, 0.2) is 28.7 Å². The minimum absolute atomic E-state index is 0.137. The van der Waals surface area contributed by atoms with Crippen molar-refractivity contribution in [2.75, 3.05) is 13.1 Å². The van der Waals surface area contributed by atoms with Gasteiger partial charge in [0.15, 0.2) is 0 Å². The second kappa shape index (κ2) is 5.98. The molecule has 1 aromatic rings. The Bertz CT molecular complexity index is 363. The van der Waals surface area contributed by atoms with E-state index < -0.39 is 0 Å². The first kappa shape index (κ1) is 13.1. The van der Waals surface area contributed by atoms with Crippen LogP contribution in [0.3, 0.4) is 0 Å². The Balaban J connectivity index is 1.88. The van der Waals surface area contributed by atoms with E-state index in [9.17, 15) is 0 Å². The lowest BCUT2D eigenvalue weighted by molar-refractivity contribution is 0.266. The summed E-state index contributed by atoms with van der Waals surface area (Å²) in [4.78, 5) is 2.55. The van der Waals surface area contributed by atoms with Crippen LogP contribution in [0.5, 0.6) is 0 Å². The highest BCUT2D eigenvalue weighted by atomic mass is 79.9. The quantitative estimate of drug-likeness (QED) is 0.872. The maximum atomic E-state index is 6.26. The van der Waals surface area contributed by atoms with Gasteiger partial charge in [0.25, 0.3) is 0 Å². The lowest BCUT2D eigenvalue weighted by Gasteiger charge is -2.22. The normalized spacial score (nSPS) is 17.4. The molecule has 94 valence electrons. The average Bonchev–Trinajstić information content (AvgIpc) is 3.14. The summed E-state index contributed by atoms with van der Waals surface area (Å²) in [6, 6.07) is 9.24.